The van der Waals surface area contributed by atoms with Gasteiger partial charge in [0.2, 0.25) is 0 Å². The van der Waals surface area contributed by atoms with E-state index in [1.165, 1.54) is 30.0 Å². The summed E-state index contributed by atoms with van der Waals surface area (Å²) in [7, 11) is 2.74. The number of ether oxygens (including phenoxy) is 2. The molecule has 0 aliphatic rings. The summed E-state index contributed by atoms with van der Waals surface area (Å²) in [4.78, 5) is 23.6. The number of nitrogens with zero attached hydrogens (tertiary/aromatic N) is 3. The average Bonchev–Trinajstić information content (AvgIpc) is 2.79. The first-order valence-electron chi connectivity index (χ1n) is 6.41. The lowest BCUT2D eigenvalue weighted by Gasteiger charge is -2.25. The SMILES string of the molecule is C=C(N)n1ncc(C(=O)OC)c1N(C)NC(=O)OC(C)(C)C. The zero-order valence-electron chi connectivity index (χ0n) is 13.3. The van der Waals surface area contributed by atoms with Gasteiger partial charge in [-0.1, -0.05) is 6.58 Å². The monoisotopic (exact) mass is 311 g/mol. The van der Waals surface area contributed by atoms with Crippen molar-refractivity contribution in [2.24, 2.45) is 5.73 Å². The van der Waals surface area contributed by atoms with E-state index < -0.39 is 17.7 Å². The molecule has 0 bridgehead atoms. The molecule has 1 rings (SSSR count). The number of aromatic nitrogens is 2. The minimum Gasteiger partial charge on any atom is -0.465 e. The maximum atomic E-state index is 11.8. The number of nitrogens with two attached hydrogens (primary N) is 1. The van der Waals surface area contributed by atoms with Gasteiger partial charge in [0.25, 0.3) is 0 Å². The first-order valence-corrected chi connectivity index (χ1v) is 6.41. The van der Waals surface area contributed by atoms with Gasteiger partial charge in [-0.25, -0.2) is 15.0 Å². The Kier molecular flexibility index (Phi) is 5.02. The number of carbonyl (C=O) groups is 2. The number of nitrogens with one attached hydrogen (secondary N) is 1. The molecule has 0 unspecified atom stereocenters. The Morgan fingerprint density at radius 2 is 2.05 bits per heavy atom. The van der Waals surface area contributed by atoms with Gasteiger partial charge in [-0.15, -0.1) is 0 Å². The van der Waals surface area contributed by atoms with Crippen LogP contribution >= 0.6 is 0 Å². The Morgan fingerprint density at radius 1 is 1.45 bits per heavy atom. The van der Waals surface area contributed by atoms with Crippen LogP contribution in [0.15, 0.2) is 12.8 Å². The number of hydrogen-bond donors (Lipinski definition) is 2. The van der Waals surface area contributed by atoms with Crippen molar-refractivity contribution in [2.75, 3.05) is 19.2 Å². The fourth-order valence-corrected chi connectivity index (χ4v) is 1.62. The van der Waals surface area contributed by atoms with Crippen LogP contribution in [0.25, 0.3) is 5.82 Å². The smallest absolute Gasteiger partial charge is 0.426 e. The second-order valence-electron chi connectivity index (χ2n) is 5.45. The summed E-state index contributed by atoms with van der Waals surface area (Å²) in [5.74, 6) is -0.353. The van der Waals surface area contributed by atoms with Crippen LogP contribution in [0.4, 0.5) is 10.6 Å². The quantitative estimate of drug-likeness (QED) is 0.628. The summed E-state index contributed by atoms with van der Waals surface area (Å²) < 4.78 is 11.0. The highest BCUT2D eigenvalue weighted by atomic mass is 16.6. The standard InChI is InChI=1S/C13H21N5O4/c1-8(14)18-10(9(7-15-18)11(19)21-6)17(5)16-12(20)22-13(2,3)4/h7H,1,14H2,2-6H3,(H,16,20). The van der Waals surface area contributed by atoms with E-state index in [2.05, 4.69) is 21.8 Å². The van der Waals surface area contributed by atoms with Gasteiger partial charge < -0.3 is 15.2 Å². The van der Waals surface area contributed by atoms with E-state index in [0.717, 1.165) is 0 Å². The highest BCUT2D eigenvalue weighted by molar-refractivity contribution is 5.95. The molecule has 122 valence electrons. The van der Waals surface area contributed by atoms with E-state index in [4.69, 9.17) is 10.5 Å². The molecule has 22 heavy (non-hydrogen) atoms. The molecule has 0 spiro atoms. The van der Waals surface area contributed by atoms with E-state index in [-0.39, 0.29) is 17.2 Å². The molecule has 1 amide bonds. The first-order chi connectivity index (χ1) is 10.1. The molecule has 0 radical (unpaired) electrons. The summed E-state index contributed by atoms with van der Waals surface area (Å²) in [5.41, 5.74) is 7.54. The molecule has 0 aliphatic carbocycles. The van der Waals surface area contributed by atoms with Crippen molar-refractivity contribution in [2.45, 2.75) is 26.4 Å². The van der Waals surface area contributed by atoms with E-state index in [9.17, 15) is 9.59 Å². The van der Waals surface area contributed by atoms with Gasteiger partial charge in [-0.3, -0.25) is 5.01 Å². The predicted octanol–water partition coefficient (Wildman–Crippen LogP) is 0.932. The molecule has 0 fully saturated rings. The molecular weight excluding hydrogens is 290 g/mol. The van der Waals surface area contributed by atoms with Crippen molar-refractivity contribution in [1.82, 2.24) is 15.2 Å². The van der Waals surface area contributed by atoms with Crippen LogP contribution in [-0.4, -0.2) is 41.6 Å². The van der Waals surface area contributed by atoms with E-state index in [1.54, 1.807) is 20.8 Å². The molecule has 9 nitrogen and oxygen atoms in total. The molecule has 9 heteroatoms. The predicted molar refractivity (Wildman–Crippen MR) is 80.9 cm³/mol. The molecule has 0 aliphatic heterocycles. The molecular formula is C13H21N5O4. The number of carbonyl (C=O) groups excluding carboxylic acids is 2. The number of hydrazine groups is 1. The van der Waals surface area contributed by atoms with Crippen molar-refractivity contribution in [3.63, 3.8) is 0 Å². The van der Waals surface area contributed by atoms with Crippen LogP contribution in [0.1, 0.15) is 31.1 Å². The lowest BCUT2D eigenvalue weighted by atomic mass is 10.2. The number of methoxy groups -OCH3 is 1. The lowest BCUT2D eigenvalue weighted by molar-refractivity contribution is 0.0519. The van der Waals surface area contributed by atoms with Crippen molar-refractivity contribution in [3.8, 4) is 0 Å². The molecule has 1 aromatic heterocycles. The Morgan fingerprint density at radius 3 is 2.50 bits per heavy atom. The van der Waals surface area contributed by atoms with Crippen LogP contribution in [-0.2, 0) is 9.47 Å². The van der Waals surface area contributed by atoms with Crippen molar-refractivity contribution in [1.29, 1.82) is 0 Å². The van der Waals surface area contributed by atoms with Gasteiger partial charge >= 0.3 is 12.1 Å². The van der Waals surface area contributed by atoms with Gasteiger partial charge in [-0.05, 0) is 20.8 Å². The third kappa shape index (κ3) is 4.14. The van der Waals surface area contributed by atoms with Crippen LogP contribution < -0.4 is 16.2 Å². The number of anilines is 1. The number of esters is 1. The molecule has 0 atom stereocenters. The summed E-state index contributed by atoms with van der Waals surface area (Å²) in [6.45, 7) is 8.76. The fourth-order valence-electron chi connectivity index (χ4n) is 1.62. The van der Waals surface area contributed by atoms with Gasteiger partial charge in [0.15, 0.2) is 5.82 Å². The Labute approximate surface area is 128 Å². The van der Waals surface area contributed by atoms with Gasteiger partial charge in [0, 0.05) is 7.05 Å². The van der Waals surface area contributed by atoms with Crippen molar-refractivity contribution in [3.05, 3.63) is 18.3 Å². The Bertz CT molecular complexity index is 588. The van der Waals surface area contributed by atoms with Crippen molar-refractivity contribution >= 4 is 23.7 Å². The molecule has 1 heterocycles. The highest BCUT2D eigenvalue weighted by Gasteiger charge is 2.24. The second-order valence-corrected chi connectivity index (χ2v) is 5.45. The molecule has 1 aromatic rings. The maximum absolute atomic E-state index is 11.8. The third-order valence-corrected chi connectivity index (χ3v) is 2.40. The normalized spacial score (nSPS) is 10.8. The van der Waals surface area contributed by atoms with Crippen LogP contribution in [0.3, 0.4) is 0 Å². The number of amides is 1. The zero-order chi connectivity index (χ0) is 17.1. The zero-order valence-corrected chi connectivity index (χ0v) is 13.3. The van der Waals surface area contributed by atoms with Crippen LogP contribution in [0.5, 0.6) is 0 Å². The number of rotatable bonds is 4. The summed E-state index contributed by atoms with van der Waals surface area (Å²) >= 11 is 0. The summed E-state index contributed by atoms with van der Waals surface area (Å²) in [6.07, 6.45) is 0.577. The minimum atomic E-state index is -0.693. The van der Waals surface area contributed by atoms with E-state index >= 15 is 0 Å². The summed E-state index contributed by atoms with van der Waals surface area (Å²) in [6, 6.07) is 0. The molecule has 3 N–H and O–H groups in total. The molecule has 0 saturated heterocycles. The first kappa shape index (κ1) is 17.3. The summed E-state index contributed by atoms with van der Waals surface area (Å²) in [5, 5.41) is 5.20. The van der Waals surface area contributed by atoms with Crippen LogP contribution in [0, 0.1) is 0 Å². The topological polar surface area (TPSA) is 112 Å². The largest absolute Gasteiger partial charge is 0.465 e. The third-order valence-electron chi connectivity index (χ3n) is 2.40. The van der Waals surface area contributed by atoms with Crippen molar-refractivity contribution < 1.29 is 19.1 Å². The minimum absolute atomic E-state index is 0.0722. The second kappa shape index (κ2) is 6.37. The van der Waals surface area contributed by atoms with Gasteiger partial charge in [-0.2, -0.15) is 9.78 Å². The van der Waals surface area contributed by atoms with Gasteiger partial charge in [0.1, 0.15) is 17.0 Å². The van der Waals surface area contributed by atoms with E-state index in [0.29, 0.717) is 0 Å². The lowest BCUT2D eigenvalue weighted by Crippen LogP contribution is -2.44. The Balaban J connectivity index is 3.07. The van der Waals surface area contributed by atoms with E-state index in [1.807, 2.05) is 0 Å². The highest BCUT2D eigenvalue weighted by Crippen LogP contribution is 2.21. The molecule has 0 aromatic carbocycles. The van der Waals surface area contributed by atoms with Crippen LogP contribution in [0.2, 0.25) is 0 Å². The fraction of sp³-hybridized carbons (Fsp3) is 0.462. The number of hydrogen-bond acceptors (Lipinski definition) is 7. The molecule has 0 saturated carbocycles. The Hall–Kier alpha value is -2.71. The average molecular weight is 311 g/mol. The van der Waals surface area contributed by atoms with Gasteiger partial charge in [0.05, 0.1) is 13.3 Å². The maximum Gasteiger partial charge on any atom is 0.426 e.